The maximum absolute atomic E-state index is 13.2. The van der Waals surface area contributed by atoms with Crippen molar-refractivity contribution in [2.45, 2.75) is 247 Å². The molecule has 5 heterocycles. The van der Waals surface area contributed by atoms with Gasteiger partial charge in [-0.2, -0.15) is 0 Å². The van der Waals surface area contributed by atoms with Crippen molar-refractivity contribution in [3.05, 3.63) is 91.5 Å². The molecule has 2 atom stereocenters. The van der Waals surface area contributed by atoms with Crippen LogP contribution in [0.2, 0.25) is 0 Å². The first kappa shape index (κ1) is 55.3. The number of aliphatic imine (C=N–C) groups is 3. The highest BCUT2D eigenvalue weighted by atomic mass is 16.5. The largest absolute Gasteiger partial charge is 0.511 e. The summed E-state index contributed by atoms with van der Waals surface area (Å²) in [5, 5.41) is 25.7. The van der Waals surface area contributed by atoms with E-state index in [0.717, 1.165) is 104 Å². The van der Waals surface area contributed by atoms with Crippen molar-refractivity contribution in [2.75, 3.05) is 13.2 Å². The topological polar surface area (TPSA) is 116 Å². The van der Waals surface area contributed by atoms with E-state index >= 15 is 0 Å². The average molecular weight is 959 g/mol. The molecule has 0 radical (unpaired) electrons. The van der Waals surface area contributed by atoms with Crippen LogP contribution in [-0.2, 0) is 9.53 Å². The molecule has 1 aliphatic carbocycles. The van der Waals surface area contributed by atoms with Crippen LogP contribution < -0.4 is 5.32 Å². The van der Waals surface area contributed by atoms with E-state index in [-0.39, 0.29) is 24.4 Å². The number of carbonyl (C=O) groups excluding carboxylic acids is 1. The molecule has 70 heavy (non-hydrogen) atoms. The minimum absolute atomic E-state index is 0.00644. The van der Waals surface area contributed by atoms with Gasteiger partial charge in [0.1, 0.15) is 5.76 Å². The number of rotatable bonds is 34. The Balaban J connectivity index is 0.848. The minimum atomic E-state index is -0.150. The van der Waals surface area contributed by atoms with Crippen molar-refractivity contribution in [2.24, 2.45) is 26.8 Å². The summed E-state index contributed by atoms with van der Waals surface area (Å²) < 4.78 is 5.81. The molecule has 386 valence electrons. The molecular weight excluding hydrogens is 865 g/mol. The summed E-state index contributed by atoms with van der Waals surface area (Å²) in [6.07, 6.45) is 47.0. The molecule has 8 bridgehead atoms. The van der Waals surface area contributed by atoms with Crippen LogP contribution in [0.1, 0.15) is 247 Å². The van der Waals surface area contributed by atoms with Crippen molar-refractivity contribution in [3.8, 4) is 0 Å². The first-order chi connectivity index (χ1) is 34.2. The quantitative estimate of drug-likeness (QED) is 0.0439. The Kier molecular flexibility index (Phi) is 23.3. The lowest BCUT2D eigenvalue weighted by molar-refractivity contribution is -0.144. The first-order valence-corrected chi connectivity index (χ1v) is 28.9. The smallest absolute Gasteiger partial charge is 0.305 e. The van der Waals surface area contributed by atoms with Crippen molar-refractivity contribution in [3.63, 3.8) is 0 Å². The van der Waals surface area contributed by atoms with Crippen molar-refractivity contribution in [1.82, 2.24) is 5.32 Å². The highest BCUT2D eigenvalue weighted by molar-refractivity contribution is 6.21. The molecule has 3 N–H and O–H groups in total. The summed E-state index contributed by atoms with van der Waals surface area (Å²) in [5.74, 6) is 0.222. The average Bonchev–Trinajstić information content (AvgIpc) is 4.11. The number of unbranched alkanes of at least 4 members (excludes halogenated alkanes) is 27. The number of hydrogen-bond donors (Lipinski definition) is 3. The molecule has 0 aromatic rings. The molecule has 1 saturated heterocycles. The third kappa shape index (κ3) is 15.5. The number of nitrogens with zero attached hydrogens (tertiary/aromatic N) is 3. The second kappa shape index (κ2) is 29.5. The summed E-state index contributed by atoms with van der Waals surface area (Å²) in [6.45, 7) is 13.1. The molecule has 0 unspecified atom stereocenters. The van der Waals surface area contributed by atoms with E-state index in [1.54, 1.807) is 0 Å². The van der Waals surface area contributed by atoms with E-state index in [1.807, 2.05) is 19.9 Å². The Morgan fingerprint density at radius 3 is 1.60 bits per heavy atom. The van der Waals surface area contributed by atoms with Crippen LogP contribution in [0.25, 0.3) is 0 Å². The fourth-order valence-corrected chi connectivity index (χ4v) is 11.7. The van der Waals surface area contributed by atoms with Gasteiger partial charge in [-0.1, -0.05) is 194 Å². The van der Waals surface area contributed by atoms with Gasteiger partial charge >= 0.3 is 5.97 Å². The molecule has 0 saturated carbocycles. The third-order valence-corrected chi connectivity index (χ3v) is 16.3. The normalized spacial score (nSPS) is 19.6. The zero-order chi connectivity index (χ0) is 49.7. The molecule has 6 aliphatic rings. The lowest BCUT2D eigenvalue weighted by Gasteiger charge is -2.17. The van der Waals surface area contributed by atoms with Gasteiger partial charge < -0.3 is 20.3 Å². The van der Waals surface area contributed by atoms with E-state index in [9.17, 15) is 15.0 Å². The predicted octanol–water partition coefficient (Wildman–Crippen LogP) is 16.9. The van der Waals surface area contributed by atoms with Crippen LogP contribution >= 0.6 is 0 Å². The second-order valence-corrected chi connectivity index (χ2v) is 21.6. The van der Waals surface area contributed by atoms with E-state index in [2.05, 4.69) is 45.2 Å². The van der Waals surface area contributed by atoms with E-state index in [4.69, 9.17) is 19.7 Å². The molecule has 8 heteroatoms. The standard InChI is InChI=1S/C62H94N4O4/c1-7-9-10-11-12-13-14-15-16-17-18-19-20-21-22-23-24-25-26-27-28-29-30-31-32-33-34-35-38-70-59(69)37-36-49-45(4)54-40-52-46(5)51(43-67)57(64-52)41-53-44(3)48(8-2)56(63-53)42-55-47(6)60-58(68)39-50(61(49)65-54)62(60)66-55/h40-42,45,49,65,67-68H,7-39,43H2,1-6H3/t45-,49-/m0/s1. The van der Waals surface area contributed by atoms with Crippen LogP contribution in [-0.4, -0.2) is 46.5 Å². The number of esters is 1. The number of carbonyl (C=O) groups is 1. The third-order valence-electron chi connectivity index (χ3n) is 16.3. The lowest BCUT2D eigenvalue weighted by atomic mass is 9.86. The molecule has 1 fully saturated rings. The van der Waals surface area contributed by atoms with Gasteiger partial charge in [0, 0.05) is 52.8 Å². The van der Waals surface area contributed by atoms with Crippen LogP contribution in [0.15, 0.2) is 106 Å². The summed E-state index contributed by atoms with van der Waals surface area (Å²) in [4.78, 5) is 28.5. The number of nitrogens with one attached hydrogen (secondary N) is 1. The Hall–Kier alpha value is -4.04. The Labute approximate surface area is 425 Å². The predicted molar refractivity (Wildman–Crippen MR) is 294 cm³/mol. The first-order valence-electron chi connectivity index (χ1n) is 28.9. The Morgan fingerprint density at radius 2 is 1.10 bits per heavy atom. The van der Waals surface area contributed by atoms with Crippen LogP contribution in [0.5, 0.6) is 0 Å². The van der Waals surface area contributed by atoms with Gasteiger partial charge in [-0.15, -0.1) is 0 Å². The number of hydrogen-bond acceptors (Lipinski definition) is 8. The van der Waals surface area contributed by atoms with Gasteiger partial charge in [-0.25, -0.2) is 15.0 Å². The lowest BCUT2D eigenvalue weighted by Crippen LogP contribution is -2.16. The number of aliphatic hydroxyl groups is 2. The van der Waals surface area contributed by atoms with E-state index in [1.165, 1.54) is 167 Å². The molecule has 0 aromatic carbocycles. The molecule has 8 nitrogen and oxygen atoms in total. The van der Waals surface area contributed by atoms with E-state index < -0.39 is 0 Å². The summed E-state index contributed by atoms with van der Waals surface area (Å²) >= 11 is 0. The number of allylic oxidation sites excluding steroid dienone is 11. The SMILES string of the molecule is CCCCCCCCCCCCCCCCCCCCCCCCCCCCCCOC(=O)CC[C@@H]1C2=C3CC(O)=C4C3=NC(=C4C)C=C3N=C(C=C4N=C(C=C(N2)[C@H]1C)C(C)=C4CO)C(C)=C3CC. The maximum Gasteiger partial charge on any atom is 0.305 e. The molecular formula is C62H94N4O4. The van der Waals surface area contributed by atoms with Crippen molar-refractivity contribution < 1.29 is 19.7 Å². The fraction of sp³-hybridized carbons (Fsp3) is 0.677. The zero-order valence-corrected chi connectivity index (χ0v) is 45.0. The van der Waals surface area contributed by atoms with Crippen molar-refractivity contribution >= 4 is 23.1 Å². The Bertz CT molecular complexity index is 2150. The van der Waals surface area contributed by atoms with Crippen molar-refractivity contribution in [1.29, 1.82) is 0 Å². The van der Waals surface area contributed by atoms with Gasteiger partial charge in [0.05, 0.1) is 47.4 Å². The van der Waals surface area contributed by atoms with Gasteiger partial charge in [-0.05, 0) is 80.6 Å². The number of ether oxygens (including phenoxy) is 1. The second-order valence-electron chi connectivity index (χ2n) is 21.6. The summed E-state index contributed by atoms with van der Waals surface area (Å²) in [7, 11) is 0. The van der Waals surface area contributed by atoms with Crippen LogP contribution in [0.4, 0.5) is 0 Å². The highest BCUT2D eigenvalue weighted by Gasteiger charge is 2.41. The number of aliphatic hydroxyl groups excluding tert-OH is 2. The highest BCUT2D eigenvalue weighted by Crippen LogP contribution is 2.46. The van der Waals surface area contributed by atoms with Gasteiger partial charge in [-0.3, -0.25) is 4.79 Å². The zero-order valence-electron chi connectivity index (χ0n) is 45.0. The van der Waals surface area contributed by atoms with E-state index in [0.29, 0.717) is 31.6 Å². The molecule has 0 amide bonds. The summed E-state index contributed by atoms with van der Waals surface area (Å²) in [5.41, 5.74) is 13.6. The fourth-order valence-electron chi connectivity index (χ4n) is 11.7. The molecule has 0 spiro atoms. The molecule has 6 rings (SSSR count). The molecule has 0 aromatic heterocycles. The minimum Gasteiger partial charge on any atom is -0.511 e. The Morgan fingerprint density at radius 1 is 0.629 bits per heavy atom. The summed E-state index contributed by atoms with van der Waals surface area (Å²) in [6, 6.07) is 0. The van der Waals surface area contributed by atoms with Gasteiger partial charge in [0.25, 0.3) is 0 Å². The number of fused-ring (bicyclic) bond motifs is 5. The van der Waals surface area contributed by atoms with Crippen LogP contribution in [0.3, 0.4) is 0 Å². The van der Waals surface area contributed by atoms with Crippen LogP contribution in [0, 0.1) is 11.8 Å². The van der Waals surface area contributed by atoms with Gasteiger partial charge in [0.15, 0.2) is 0 Å². The maximum atomic E-state index is 13.2. The monoisotopic (exact) mass is 959 g/mol. The van der Waals surface area contributed by atoms with Gasteiger partial charge in [0.2, 0.25) is 0 Å². The molecule has 5 aliphatic heterocycles.